The molecule has 0 heterocycles. The van der Waals surface area contributed by atoms with Gasteiger partial charge in [-0.15, -0.1) is 0 Å². The van der Waals surface area contributed by atoms with E-state index in [1.165, 1.54) is 0 Å². The molecule has 0 saturated heterocycles. The van der Waals surface area contributed by atoms with Gasteiger partial charge in [-0.05, 0) is 4.57 Å². The molecule has 0 radical (unpaired) electrons. The van der Waals surface area contributed by atoms with Gasteiger partial charge in [0.15, 0.2) is 0 Å². The molecule has 10 heteroatoms. The van der Waals surface area contributed by atoms with Crippen LogP contribution in [0.5, 0.6) is 0 Å². The van der Waals surface area contributed by atoms with E-state index in [0.29, 0.717) is 0 Å². The zero-order chi connectivity index (χ0) is 7.15. The smallest absolute Gasteiger partial charge is 0.567 e. The Morgan fingerprint density at radius 2 is 1.40 bits per heavy atom. The largest absolute Gasteiger partial charge is 1.00 e. The van der Waals surface area contributed by atoms with Crippen LogP contribution < -0.4 is 34.5 Å². The van der Waals surface area contributed by atoms with Crippen LogP contribution in [-0.4, -0.2) is 10.4 Å². The van der Waals surface area contributed by atoms with Crippen LogP contribution in [0, 0.1) is 0 Å². The number of halogens is 3. The average molecular weight is 209 g/mol. The van der Waals surface area contributed by atoms with E-state index < -0.39 is 17.1 Å². The fourth-order valence-electron chi connectivity index (χ4n) is 0. The Hall–Kier alpha value is 1.20. The predicted octanol–water partition coefficient (Wildman–Crippen LogP) is -2.70. The fourth-order valence-corrected chi connectivity index (χ4v) is 0. The summed E-state index contributed by atoms with van der Waals surface area (Å²) in [5.74, 6) is 0. The molecule has 1 unspecified atom stereocenters. The van der Waals surface area contributed by atoms with E-state index in [1.807, 2.05) is 0 Å². The van der Waals surface area contributed by atoms with Crippen LogP contribution in [0.1, 0.15) is 0 Å². The second-order valence-electron chi connectivity index (χ2n) is 0.429. The van der Waals surface area contributed by atoms with Gasteiger partial charge in [-0.2, -0.15) is 17.5 Å². The van der Waals surface area contributed by atoms with Gasteiger partial charge in [-0.1, -0.05) is 0 Å². The van der Waals surface area contributed by atoms with Crippen LogP contribution in [0.4, 0.5) is 12.6 Å². The molecular formula is H3F3NaO4P2+. The molecule has 0 saturated carbocycles. The molecule has 0 aromatic rings. The second kappa shape index (κ2) is 16.7. The Morgan fingerprint density at radius 1 is 1.40 bits per heavy atom. The molecule has 0 aliphatic carbocycles. The fraction of sp³-hybridized carbons (Fsp3) is 0. The zero-order valence-corrected chi connectivity index (χ0v) is 8.58. The third-order valence-electron chi connectivity index (χ3n) is 0. The van der Waals surface area contributed by atoms with Crippen molar-refractivity contribution >= 4 is 17.1 Å². The molecule has 0 aromatic heterocycles. The molecule has 0 aliphatic heterocycles. The molecule has 0 bridgehead atoms. The van der Waals surface area contributed by atoms with Crippen LogP contribution in [0.15, 0.2) is 0 Å². The third-order valence-corrected chi connectivity index (χ3v) is 0. The molecule has 3 N–H and O–H groups in total. The van der Waals surface area contributed by atoms with Gasteiger partial charge in [0.05, 0.1) is 0 Å². The van der Waals surface area contributed by atoms with E-state index in [0.717, 1.165) is 0 Å². The molecule has 0 rings (SSSR count). The monoisotopic (exact) mass is 209 g/mol. The van der Waals surface area contributed by atoms with Crippen LogP contribution in [0.3, 0.4) is 0 Å². The number of rotatable bonds is 0. The second-order valence-corrected chi connectivity index (χ2v) is 1.29. The first kappa shape index (κ1) is 22.5. The average Bonchev–Trinajstić information content (AvgIpc) is 1.25. The van der Waals surface area contributed by atoms with Gasteiger partial charge in [0.2, 0.25) is 0 Å². The summed E-state index contributed by atoms with van der Waals surface area (Å²) in [7, 11) is -7.24. The van der Waals surface area contributed by atoms with Crippen LogP contribution in [0.25, 0.3) is 0 Å². The zero-order valence-electron chi connectivity index (χ0n) is 4.79. The summed E-state index contributed by atoms with van der Waals surface area (Å²) in [6.45, 7) is 0. The molecule has 0 spiro atoms. The first-order chi connectivity index (χ1) is 3.46. The molecule has 4 nitrogen and oxygen atoms in total. The molecule has 1 atom stereocenters. The summed E-state index contributed by atoms with van der Waals surface area (Å²) in [6.07, 6.45) is 0. The van der Waals surface area contributed by atoms with E-state index in [2.05, 4.69) is 0 Å². The van der Waals surface area contributed by atoms with Crippen molar-refractivity contribution in [1.29, 1.82) is 0 Å². The summed E-state index contributed by atoms with van der Waals surface area (Å²) >= 11 is 0. The Kier molecular flexibility index (Phi) is 37.4. The molecule has 0 fully saturated rings. The van der Waals surface area contributed by atoms with Gasteiger partial charge in [0, 0.05) is 0 Å². The van der Waals surface area contributed by atoms with E-state index in [-0.39, 0.29) is 35.0 Å². The van der Waals surface area contributed by atoms with E-state index in [4.69, 9.17) is 14.4 Å². The minimum absolute atomic E-state index is 0. The Morgan fingerprint density at radius 3 is 1.40 bits per heavy atom. The SMILES string of the molecule is FP(F)F.O.O=[P+]([O-])O.[Na+]. The van der Waals surface area contributed by atoms with Crippen molar-refractivity contribution in [2.75, 3.05) is 0 Å². The maximum atomic E-state index is 9.73. The quantitative estimate of drug-likeness (QED) is 0.347. The van der Waals surface area contributed by atoms with Crippen molar-refractivity contribution < 1.29 is 62.0 Å². The van der Waals surface area contributed by atoms with Crippen molar-refractivity contribution in [1.82, 2.24) is 0 Å². The summed E-state index contributed by atoms with van der Waals surface area (Å²) in [4.78, 5) is 15.6. The third kappa shape index (κ3) is 430. The van der Waals surface area contributed by atoms with E-state index in [1.54, 1.807) is 0 Å². The van der Waals surface area contributed by atoms with Crippen molar-refractivity contribution in [3.05, 3.63) is 0 Å². The van der Waals surface area contributed by atoms with Crippen molar-refractivity contribution in [2.24, 2.45) is 0 Å². The summed E-state index contributed by atoms with van der Waals surface area (Å²) in [5, 5.41) is 0. The van der Waals surface area contributed by atoms with Gasteiger partial charge in [0.25, 0.3) is 0 Å². The first-order valence-electron chi connectivity index (χ1n) is 1.07. The number of hydrogen-bond acceptors (Lipinski definition) is 2. The minimum Gasteiger partial charge on any atom is -0.567 e. The van der Waals surface area contributed by atoms with Gasteiger partial charge in [-0.3, -0.25) is 0 Å². The van der Waals surface area contributed by atoms with Crippen LogP contribution >= 0.6 is 17.1 Å². The van der Waals surface area contributed by atoms with Gasteiger partial charge >= 0.3 is 46.7 Å². The molecule has 58 valence electrons. The molecule has 0 amide bonds. The van der Waals surface area contributed by atoms with E-state index >= 15 is 0 Å². The van der Waals surface area contributed by atoms with Gasteiger partial charge in [-0.25, -0.2) is 0 Å². The maximum absolute atomic E-state index is 9.73. The molecular weight excluding hydrogens is 206 g/mol. The van der Waals surface area contributed by atoms with Crippen LogP contribution in [0.2, 0.25) is 0 Å². The Labute approximate surface area is 79.1 Å². The van der Waals surface area contributed by atoms with Crippen molar-refractivity contribution in [2.45, 2.75) is 0 Å². The van der Waals surface area contributed by atoms with Gasteiger partial charge < -0.3 is 10.4 Å². The van der Waals surface area contributed by atoms with E-state index in [9.17, 15) is 12.6 Å². The normalized spacial score (nSPS) is 8.00. The molecule has 0 aliphatic rings. The Bertz CT molecular complexity index is 62.8. The molecule has 10 heavy (non-hydrogen) atoms. The predicted molar refractivity (Wildman–Crippen MR) is 23.7 cm³/mol. The van der Waals surface area contributed by atoms with Crippen molar-refractivity contribution in [3.63, 3.8) is 0 Å². The summed E-state index contributed by atoms with van der Waals surface area (Å²) in [6, 6.07) is 0. The Balaban J connectivity index is -0.0000000300. The maximum Gasteiger partial charge on any atom is 1.00 e. The standard InChI is InChI=1S/F3P.Na.HO3P.H2O/c1-4(2)3;;1-4(2)3;/h;;(H,1,2,3);1H2/q;+1;;. The summed E-state index contributed by atoms with van der Waals surface area (Å²) in [5.41, 5.74) is 0. The topological polar surface area (TPSA) is 91.9 Å². The van der Waals surface area contributed by atoms with Crippen LogP contribution in [-0.2, 0) is 4.57 Å². The summed E-state index contributed by atoms with van der Waals surface area (Å²) < 4.78 is 37.8. The van der Waals surface area contributed by atoms with Gasteiger partial charge in [0.1, 0.15) is 0 Å². The first-order valence-corrected chi connectivity index (χ1v) is 3.22. The molecule has 0 aromatic carbocycles. The number of hydrogen-bond donors (Lipinski definition) is 1. The van der Waals surface area contributed by atoms with Crippen molar-refractivity contribution in [3.8, 4) is 0 Å². The minimum atomic E-state index is -4.12.